The van der Waals surface area contributed by atoms with Crippen LogP contribution in [0.3, 0.4) is 0 Å². The molecule has 0 aromatic heterocycles. The molecule has 0 saturated heterocycles. The second-order valence-electron chi connectivity index (χ2n) is 4.64. The topological polar surface area (TPSA) is 66.5 Å². The summed E-state index contributed by atoms with van der Waals surface area (Å²) < 4.78 is 0. The van der Waals surface area contributed by atoms with Crippen LogP contribution >= 0.6 is 0 Å². The van der Waals surface area contributed by atoms with Crippen molar-refractivity contribution in [2.24, 2.45) is 11.7 Å². The average Bonchev–Trinajstić information content (AvgIpc) is 2.33. The van der Waals surface area contributed by atoms with Crippen molar-refractivity contribution in [2.75, 3.05) is 0 Å². The van der Waals surface area contributed by atoms with Gasteiger partial charge < -0.3 is 15.9 Å². The first-order valence-electron chi connectivity index (χ1n) is 5.96. The second-order valence-corrected chi connectivity index (χ2v) is 4.64. The third kappa shape index (κ3) is 2.14. The number of hydrogen-bond acceptors (Lipinski definition) is 3. The van der Waals surface area contributed by atoms with E-state index in [2.05, 4.69) is 0 Å². The van der Waals surface area contributed by atoms with Crippen LogP contribution in [0.1, 0.15) is 43.7 Å². The Morgan fingerprint density at radius 1 is 1.12 bits per heavy atom. The van der Waals surface area contributed by atoms with E-state index in [0.717, 1.165) is 12.8 Å². The second kappa shape index (κ2) is 4.74. The number of phenolic OH excluding ortho intramolecular Hbond substituents is 2. The fraction of sp³-hybridized carbons (Fsp3) is 0.538. The van der Waals surface area contributed by atoms with Crippen LogP contribution in [-0.4, -0.2) is 10.2 Å². The molecule has 3 heteroatoms. The van der Waals surface area contributed by atoms with Crippen molar-refractivity contribution in [2.45, 2.75) is 38.1 Å². The SMILES string of the molecule is N[C@@H](c1cccc(O)c1O)C1CCCCC1. The molecule has 88 valence electrons. The van der Waals surface area contributed by atoms with Crippen molar-refractivity contribution in [3.63, 3.8) is 0 Å². The molecule has 0 amide bonds. The third-order valence-electron chi connectivity index (χ3n) is 3.56. The van der Waals surface area contributed by atoms with Gasteiger partial charge in [0.05, 0.1) is 0 Å². The number of aromatic hydroxyl groups is 2. The third-order valence-corrected chi connectivity index (χ3v) is 3.56. The fourth-order valence-corrected chi connectivity index (χ4v) is 2.56. The Morgan fingerprint density at radius 3 is 2.50 bits per heavy atom. The largest absolute Gasteiger partial charge is 0.504 e. The van der Waals surface area contributed by atoms with E-state index in [1.165, 1.54) is 25.3 Å². The average molecular weight is 221 g/mol. The number of hydrogen-bond donors (Lipinski definition) is 3. The lowest BCUT2D eigenvalue weighted by Crippen LogP contribution is -2.23. The first-order valence-corrected chi connectivity index (χ1v) is 5.96. The summed E-state index contributed by atoms with van der Waals surface area (Å²) in [6.45, 7) is 0. The molecule has 4 N–H and O–H groups in total. The highest BCUT2D eigenvalue weighted by Crippen LogP contribution is 2.39. The van der Waals surface area contributed by atoms with Crippen molar-refractivity contribution in [3.05, 3.63) is 23.8 Å². The predicted octanol–water partition coefficient (Wildman–Crippen LogP) is 2.68. The van der Waals surface area contributed by atoms with E-state index in [0.29, 0.717) is 11.5 Å². The Bertz CT molecular complexity index is 359. The summed E-state index contributed by atoms with van der Waals surface area (Å²) in [5.41, 5.74) is 6.84. The van der Waals surface area contributed by atoms with E-state index in [-0.39, 0.29) is 17.5 Å². The van der Waals surface area contributed by atoms with Gasteiger partial charge in [-0.15, -0.1) is 0 Å². The van der Waals surface area contributed by atoms with Crippen molar-refractivity contribution >= 4 is 0 Å². The van der Waals surface area contributed by atoms with Crippen LogP contribution in [0.15, 0.2) is 18.2 Å². The van der Waals surface area contributed by atoms with Crippen molar-refractivity contribution in [3.8, 4) is 11.5 Å². The lowest BCUT2D eigenvalue weighted by molar-refractivity contribution is 0.300. The molecule has 2 rings (SSSR count). The zero-order valence-electron chi connectivity index (χ0n) is 9.39. The molecule has 0 radical (unpaired) electrons. The van der Waals surface area contributed by atoms with E-state index in [1.807, 2.05) is 0 Å². The molecule has 1 saturated carbocycles. The van der Waals surface area contributed by atoms with Gasteiger partial charge in [-0.25, -0.2) is 0 Å². The molecule has 0 unspecified atom stereocenters. The molecule has 3 nitrogen and oxygen atoms in total. The molecular weight excluding hydrogens is 202 g/mol. The minimum Gasteiger partial charge on any atom is -0.504 e. The Labute approximate surface area is 95.9 Å². The summed E-state index contributed by atoms with van der Waals surface area (Å²) in [5.74, 6) is 0.297. The molecule has 0 bridgehead atoms. The molecule has 1 atom stereocenters. The Balaban J connectivity index is 2.19. The van der Waals surface area contributed by atoms with E-state index in [1.54, 1.807) is 12.1 Å². The quantitative estimate of drug-likeness (QED) is 0.673. The molecule has 0 aliphatic heterocycles. The van der Waals surface area contributed by atoms with Gasteiger partial charge in [0.1, 0.15) is 0 Å². The van der Waals surface area contributed by atoms with E-state index < -0.39 is 0 Å². The summed E-state index contributed by atoms with van der Waals surface area (Å²) in [7, 11) is 0. The lowest BCUT2D eigenvalue weighted by Gasteiger charge is -2.28. The van der Waals surface area contributed by atoms with Gasteiger partial charge in [-0.3, -0.25) is 0 Å². The predicted molar refractivity (Wildman–Crippen MR) is 63.3 cm³/mol. The Hall–Kier alpha value is -1.22. The number of rotatable bonds is 2. The van der Waals surface area contributed by atoms with Gasteiger partial charge in [-0.2, -0.15) is 0 Å². The number of benzene rings is 1. The van der Waals surface area contributed by atoms with Gasteiger partial charge in [0.2, 0.25) is 0 Å². The summed E-state index contributed by atoms with van der Waals surface area (Å²) >= 11 is 0. The van der Waals surface area contributed by atoms with E-state index in [9.17, 15) is 10.2 Å². The van der Waals surface area contributed by atoms with Crippen molar-refractivity contribution < 1.29 is 10.2 Å². The fourth-order valence-electron chi connectivity index (χ4n) is 2.56. The van der Waals surface area contributed by atoms with Crippen LogP contribution < -0.4 is 5.73 Å². The molecule has 1 aromatic rings. The minimum absolute atomic E-state index is 0.0550. The highest BCUT2D eigenvalue weighted by molar-refractivity contribution is 5.45. The van der Waals surface area contributed by atoms with Crippen molar-refractivity contribution in [1.82, 2.24) is 0 Å². The van der Waals surface area contributed by atoms with Gasteiger partial charge in [-0.1, -0.05) is 31.4 Å². The number of para-hydroxylation sites is 1. The van der Waals surface area contributed by atoms with Crippen LogP contribution in [0.5, 0.6) is 11.5 Å². The van der Waals surface area contributed by atoms with Crippen LogP contribution in [0.2, 0.25) is 0 Å². The Morgan fingerprint density at radius 2 is 1.81 bits per heavy atom. The van der Waals surface area contributed by atoms with Crippen LogP contribution in [-0.2, 0) is 0 Å². The highest BCUT2D eigenvalue weighted by atomic mass is 16.3. The molecule has 1 aromatic carbocycles. The molecule has 16 heavy (non-hydrogen) atoms. The summed E-state index contributed by atoms with van der Waals surface area (Å²) in [5, 5.41) is 19.2. The maximum Gasteiger partial charge on any atom is 0.162 e. The molecule has 0 heterocycles. The summed E-state index contributed by atoms with van der Waals surface area (Å²) in [4.78, 5) is 0. The van der Waals surface area contributed by atoms with Crippen LogP contribution in [0.4, 0.5) is 0 Å². The Kier molecular flexibility index (Phi) is 3.34. The first kappa shape index (κ1) is 11.3. The number of phenols is 2. The maximum atomic E-state index is 9.77. The standard InChI is InChI=1S/C13H19NO2/c14-12(9-5-2-1-3-6-9)10-7-4-8-11(15)13(10)16/h4,7-9,12,15-16H,1-3,5-6,14H2/t12-/m1/s1. The molecule has 1 fully saturated rings. The summed E-state index contributed by atoms with van der Waals surface area (Å²) in [6.07, 6.45) is 5.97. The highest BCUT2D eigenvalue weighted by Gasteiger charge is 2.24. The van der Waals surface area contributed by atoms with Crippen LogP contribution in [0.25, 0.3) is 0 Å². The molecule has 1 aliphatic rings. The van der Waals surface area contributed by atoms with Crippen LogP contribution in [0, 0.1) is 5.92 Å². The lowest BCUT2D eigenvalue weighted by atomic mass is 9.81. The monoisotopic (exact) mass is 221 g/mol. The van der Waals surface area contributed by atoms with E-state index >= 15 is 0 Å². The molecule has 0 spiro atoms. The van der Waals surface area contributed by atoms with Gasteiger partial charge in [0.15, 0.2) is 11.5 Å². The van der Waals surface area contributed by atoms with Gasteiger partial charge in [-0.05, 0) is 24.8 Å². The van der Waals surface area contributed by atoms with Gasteiger partial charge >= 0.3 is 0 Å². The molecular formula is C13H19NO2. The van der Waals surface area contributed by atoms with Crippen molar-refractivity contribution in [1.29, 1.82) is 0 Å². The zero-order chi connectivity index (χ0) is 11.5. The molecule has 1 aliphatic carbocycles. The normalized spacial score (nSPS) is 19.6. The zero-order valence-corrected chi connectivity index (χ0v) is 9.39. The minimum atomic E-state index is -0.160. The van der Waals surface area contributed by atoms with Gasteiger partial charge in [0.25, 0.3) is 0 Å². The summed E-state index contributed by atoms with van der Waals surface area (Å²) in [6, 6.07) is 4.85. The number of nitrogens with two attached hydrogens (primary N) is 1. The van der Waals surface area contributed by atoms with Gasteiger partial charge in [0, 0.05) is 11.6 Å². The maximum absolute atomic E-state index is 9.77. The first-order chi connectivity index (χ1) is 7.70. The van der Waals surface area contributed by atoms with E-state index in [4.69, 9.17) is 5.73 Å². The smallest absolute Gasteiger partial charge is 0.162 e.